The van der Waals surface area contributed by atoms with Crippen LogP contribution in [0.1, 0.15) is 30.6 Å². The minimum Gasteiger partial charge on any atom is -0.325 e. The van der Waals surface area contributed by atoms with E-state index in [0.717, 1.165) is 4.90 Å². The third kappa shape index (κ3) is 4.08. The van der Waals surface area contributed by atoms with Crippen LogP contribution in [-0.2, 0) is 14.8 Å². The third-order valence-corrected chi connectivity index (χ3v) is 6.42. The van der Waals surface area contributed by atoms with Crippen molar-refractivity contribution >= 4 is 44.9 Å². The van der Waals surface area contributed by atoms with Crippen LogP contribution < -0.4 is 10.0 Å². The minimum atomic E-state index is -3.85. The number of sulfonamides is 1. The normalized spacial score (nSPS) is 17.0. The van der Waals surface area contributed by atoms with Gasteiger partial charge in [0.05, 0.1) is 10.6 Å². The van der Waals surface area contributed by atoms with Crippen molar-refractivity contribution in [3.05, 3.63) is 48.0 Å². The first-order valence-corrected chi connectivity index (χ1v) is 10.4. The second-order valence-electron chi connectivity index (χ2n) is 6.08. The van der Waals surface area contributed by atoms with Gasteiger partial charge in [-0.25, -0.2) is 8.42 Å². The Bertz CT molecular complexity index is 986. The molecule has 6 nitrogen and oxygen atoms in total. The van der Waals surface area contributed by atoms with Crippen molar-refractivity contribution in [2.45, 2.75) is 35.3 Å². The number of nitrogens with one attached hydrogen (secondary N) is 2. The van der Waals surface area contributed by atoms with Crippen LogP contribution in [0.3, 0.4) is 0 Å². The second-order valence-corrected chi connectivity index (χ2v) is 9.24. The van der Waals surface area contributed by atoms with E-state index < -0.39 is 10.0 Å². The fraction of sp³-hybridized carbons (Fsp3) is 0.222. The van der Waals surface area contributed by atoms with E-state index in [1.807, 2.05) is 6.92 Å². The molecule has 0 saturated heterocycles. The Morgan fingerprint density at radius 1 is 1.23 bits per heavy atom. The lowest BCUT2D eigenvalue weighted by Gasteiger charge is -2.12. The number of ketones is 1. The third-order valence-electron chi connectivity index (χ3n) is 3.86. The highest BCUT2D eigenvalue weighted by atomic mass is 32.2. The van der Waals surface area contributed by atoms with Crippen LogP contribution in [0.5, 0.6) is 0 Å². The summed E-state index contributed by atoms with van der Waals surface area (Å²) in [6.07, 6.45) is 0.373. The first kappa shape index (κ1) is 18.5. The summed E-state index contributed by atoms with van der Waals surface area (Å²) >= 11 is 1.53. The molecule has 26 heavy (non-hydrogen) atoms. The molecule has 0 saturated carbocycles. The van der Waals surface area contributed by atoms with Crippen LogP contribution in [0.2, 0.25) is 0 Å². The van der Waals surface area contributed by atoms with E-state index in [1.165, 1.54) is 36.9 Å². The molecular formula is C18H18N2O4S2. The Morgan fingerprint density at radius 3 is 2.73 bits per heavy atom. The highest BCUT2D eigenvalue weighted by molar-refractivity contribution is 8.00. The van der Waals surface area contributed by atoms with Gasteiger partial charge in [-0.15, -0.1) is 11.8 Å². The Balaban J connectivity index is 1.92. The number of amides is 1. The van der Waals surface area contributed by atoms with Gasteiger partial charge in [-0.2, -0.15) is 0 Å². The zero-order chi connectivity index (χ0) is 18.9. The molecule has 2 N–H and O–H groups in total. The molecule has 0 bridgehead atoms. The molecule has 2 aromatic carbocycles. The van der Waals surface area contributed by atoms with Gasteiger partial charge >= 0.3 is 0 Å². The van der Waals surface area contributed by atoms with Crippen molar-refractivity contribution in [2.75, 3.05) is 10.0 Å². The van der Waals surface area contributed by atoms with Crippen LogP contribution in [0, 0.1) is 0 Å². The average Bonchev–Trinajstić information content (AvgIpc) is 2.70. The molecule has 0 spiro atoms. The number of carbonyl (C=O) groups excluding carboxylic acids is 2. The van der Waals surface area contributed by atoms with Crippen molar-refractivity contribution in [3.63, 3.8) is 0 Å². The van der Waals surface area contributed by atoms with Crippen LogP contribution in [0.25, 0.3) is 0 Å². The van der Waals surface area contributed by atoms with Gasteiger partial charge in [0, 0.05) is 27.8 Å². The summed E-state index contributed by atoms with van der Waals surface area (Å²) in [5.41, 5.74) is 1.22. The lowest BCUT2D eigenvalue weighted by atomic mass is 10.1. The zero-order valence-corrected chi connectivity index (χ0v) is 15.9. The van der Waals surface area contributed by atoms with Crippen LogP contribution in [0.4, 0.5) is 11.4 Å². The Kier molecular flexibility index (Phi) is 5.06. The van der Waals surface area contributed by atoms with Gasteiger partial charge in [0.15, 0.2) is 5.78 Å². The number of hydrogen-bond acceptors (Lipinski definition) is 5. The Morgan fingerprint density at radius 2 is 2.00 bits per heavy atom. The molecule has 0 radical (unpaired) electrons. The van der Waals surface area contributed by atoms with Crippen LogP contribution in [0.15, 0.2) is 52.3 Å². The molecule has 136 valence electrons. The van der Waals surface area contributed by atoms with E-state index in [-0.39, 0.29) is 21.8 Å². The van der Waals surface area contributed by atoms with E-state index in [9.17, 15) is 18.0 Å². The molecule has 1 aliphatic heterocycles. The number of anilines is 2. The highest BCUT2D eigenvalue weighted by Crippen LogP contribution is 2.36. The second kappa shape index (κ2) is 7.13. The maximum Gasteiger partial charge on any atom is 0.261 e. The number of carbonyl (C=O) groups is 2. The van der Waals surface area contributed by atoms with Crippen molar-refractivity contribution in [1.29, 1.82) is 0 Å². The Labute approximate surface area is 156 Å². The molecule has 1 aliphatic rings. The van der Waals surface area contributed by atoms with Gasteiger partial charge in [0.25, 0.3) is 10.0 Å². The van der Waals surface area contributed by atoms with Crippen LogP contribution in [-0.4, -0.2) is 25.4 Å². The molecule has 0 aliphatic carbocycles. The molecule has 1 amide bonds. The molecule has 3 rings (SSSR count). The van der Waals surface area contributed by atoms with E-state index in [1.54, 1.807) is 24.3 Å². The van der Waals surface area contributed by atoms with Gasteiger partial charge in [-0.3, -0.25) is 14.3 Å². The summed E-state index contributed by atoms with van der Waals surface area (Å²) in [5.74, 6) is -0.287. The quantitative estimate of drug-likeness (QED) is 0.780. The van der Waals surface area contributed by atoms with Gasteiger partial charge in [0.1, 0.15) is 0 Å². The molecule has 0 aromatic heterocycles. The SMILES string of the molecule is CC(=O)c1cccc(NS(=O)(=O)c2ccc3c(c2)NC(=O)C[C@@H](C)S3)c1. The van der Waals surface area contributed by atoms with Gasteiger partial charge < -0.3 is 5.32 Å². The van der Waals surface area contributed by atoms with E-state index in [4.69, 9.17) is 0 Å². The summed E-state index contributed by atoms with van der Waals surface area (Å²) < 4.78 is 27.8. The number of thioether (sulfide) groups is 1. The van der Waals surface area contributed by atoms with Gasteiger partial charge in [-0.05, 0) is 37.3 Å². The van der Waals surface area contributed by atoms with Gasteiger partial charge in [0.2, 0.25) is 5.91 Å². The largest absolute Gasteiger partial charge is 0.325 e. The van der Waals surface area contributed by atoms with Crippen molar-refractivity contribution < 1.29 is 18.0 Å². The number of benzene rings is 2. The molecule has 0 unspecified atom stereocenters. The predicted octanol–water partition coefficient (Wildman–Crippen LogP) is 3.51. The highest BCUT2D eigenvalue weighted by Gasteiger charge is 2.22. The minimum absolute atomic E-state index is 0.0416. The number of Topliss-reactive ketones (excluding diaryl/α,β-unsaturated/α-hetero) is 1. The molecule has 2 aromatic rings. The average molecular weight is 390 g/mol. The maximum absolute atomic E-state index is 12.7. The monoisotopic (exact) mass is 390 g/mol. The molecule has 1 heterocycles. The van der Waals surface area contributed by atoms with Crippen LogP contribution >= 0.6 is 11.8 Å². The van der Waals surface area contributed by atoms with Crippen molar-refractivity contribution in [3.8, 4) is 0 Å². The molecule has 8 heteroatoms. The first-order chi connectivity index (χ1) is 12.2. The number of fused-ring (bicyclic) bond motifs is 1. The Hall–Kier alpha value is -2.32. The fourth-order valence-electron chi connectivity index (χ4n) is 2.61. The summed E-state index contributed by atoms with van der Waals surface area (Å²) in [6.45, 7) is 3.37. The maximum atomic E-state index is 12.7. The smallest absolute Gasteiger partial charge is 0.261 e. The molecular weight excluding hydrogens is 372 g/mol. The van der Waals surface area contributed by atoms with E-state index in [0.29, 0.717) is 23.4 Å². The number of hydrogen-bond donors (Lipinski definition) is 2. The van der Waals surface area contributed by atoms with Gasteiger partial charge in [-0.1, -0.05) is 19.1 Å². The van der Waals surface area contributed by atoms with Crippen molar-refractivity contribution in [2.24, 2.45) is 0 Å². The fourth-order valence-corrected chi connectivity index (χ4v) is 4.74. The lowest BCUT2D eigenvalue weighted by molar-refractivity contribution is -0.116. The molecule has 1 atom stereocenters. The number of rotatable bonds is 4. The summed E-state index contributed by atoms with van der Waals surface area (Å²) in [6, 6.07) is 11.0. The van der Waals surface area contributed by atoms with E-state index >= 15 is 0 Å². The van der Waals surface area contributed by atoms with E-state index in [2.05, 4.69) is 10.0 Å². The zero-order valence-electron chi connectivity index (χ0n) is 14.3. The first-order valence-electron chi connectivity index (χ1n) is 7.99. The summed E-state index contributed by atoms with van der Waals surface area (Å²) in [7, 11) is -3.85. The summed E-state index contributed by atoms with van der Waals surface area (Å²) in [5, 5.41) is 2.87. The standard InChI is InChI=1S/C18H18N2O4S2/c1-11-8-18(22)19-16-10-15(6-7-17(16)25-11)26(23,24)20-14-5-3-4-13(9-14)12(2)21/h3-7,9-11,20H,8H2,1-2H3,(H,19,22)/t11-/m1/s1. The van der Waals surface area contributed by atoms with Crippen molar-refractivity contribution in [1.82, 2.24) is 0 Å². The lowest BCUT2D eigenvalue weighted by Crippen LogP contribution is -2.15. The topological polar surface area (TPSA) is 92.3 Å². The predicted molar refractivity (Wildman–Crippen MR) is 102 cm³/mol. The summed E-state index contributed by atoms with van der Waals surface area (Å²) in [4.78, 5) is 24.2. The molecule has 0 fully saturated rings.